The van der Waals surface area contributed by atoms with E-state index in [0.29, 0.717) is 27.6 Å². The third-order valence-corrected chi connectivity index (χ3v) is 5.02. The third-order valence-electron chi connectivity index (χ3n) is 3.51. The van der Waals surface area contributed by atoms with Crippen LogP contribution in [0, 0.1) is 0 Å². The van der Waals surface area contributed by atoms with Gasteiger partial charge in [-0.15, -0.1) is 11.7 Å². The van der Waals surface area contributed by atoms with Gasteiger partial charge in [-0.05, 0) is 18.2 Å². The van der Waals surface area contributed by atoms with Gasteiger partial charge in [0.25, 0.3) is 5.91 Å². The van der Waals surface area contributed by atoms with Crippen LogP contribution >= 0.6 is 34.7 Å². The summed E-state index contributed by atoms with van der Waals surface area (Å²) in [4.78, 5) is 16.3. The second kappa shape index (κ2) is 7.94. The van der Waals surface area contributed by atoms with Gasteiger partial charge in [0, 0.05) is 28.4 Å². The number of nitrogens with zero attached hydrogens (tertiary/aromatic N) is 4. The average molecular weight is 447 g/mol. The Kier molecular flexibility index (Phi) is 5.78. The molecule has 0 aliphatic rings. The minimum atomic E-state index is -4.60. The van der Waals surface area contributed by atoms with Crippen molar-refractivity contribution in [2.75, 3.05) is 6.54 Å². The van der Waals surface area contributed by atoms with Gasteiger partial charge in [0.2, 0.25) is 9.97 Å². The zero-order valence-corrected chi connectivity index (χ0v) is 16.3. The van der Waals surface area contributed by atoms with Crippen LogP contribution in [-0.2, 0) is 11.0 Å². The number of alkyl halides is 3. The predicted octanol–water partition coefficient (Wildman–Crippen LogP) is 5.31. The minimum Gasteiger partial charge on any atom is -0.268 e. The zero-order valence-electron chi connectivity index (χ0n) is 14.0. The van der Waals surface area contributed by atoms with E-state index in [-0.39, 0.29) is 17.2 Å². The number of amides is 1. The second-order valence-electron chi connectivity index (χ2n) is 5.46. The molecule has 0 saturated heterocycles. The molecule has 1 aromatic carbocycles. The van der Waals surface area contributed by atoms with E-state index in [4.69, 9.17) is 23.4 Å². The van der Waals surface area contributed by atoms with Crippen LogP contribution in [0.3, 0.4) is 0 Å². The fraction of sp³-hybridized carbons (Fsp3) is 0.118. The normalized spacial score (nSPS) is 12.0. The lowest BCUT2D eigenvalue weighted by Gasteiger charge is -2.07. The third kappa shape index (κ3) is 4.21. The van der Waals surface area contributed by atoms with Gasteiger partial charge in [-0.25, -0.2) is 13.9 Å². The van der Waals surface area contributed by atoms with Crippen molar-refractivity contribution in [2.45, 2.75) is 6.18 Å². The van der Waals surface area contributed by atoms with Gasteiger partial charge in [0.15, 0.2) is 0 Å². The number of carbonyl (C=O) groups excluding carboxylic acids is 1. The van der Waals surface area contributed by atoms with Crippen LogP contribution in [0.4, 0.5) is 13.2 Å². The number of carbonyl (C=O) groups is 1. The number of hydrogen-bond acceptors (Lipinski definition) is 4. The number of hydrogen-bond donors (Lipinski definition) is 0. The lowest BCUT2D eigenvalue weighted by Crippen LogP contribution is -2.18. The standard InChI is InChI=1S/C17H11Cl2F3N4OS/c1-2-9-25(19)13(27)8-7-12-14(10-3-5-11(18)6-4-10)23-16-26(12)24-15(28-16)17(20,21)22/h2-8H,1,9H2/b8-7+. The molecule has 3 aromatic rings. The molecular weight excluding hydrogens is 436 g/mol. The molecule has 0 aliphatic carbocycles. The molecule has 0 aliphatic heterocycles. The smallest absolute Gasteiger partial charge is 0.268 e. The van der Waals surface area contributed by atoms with E-state index in [1.165, 1.54) is 12.2 Å². The summed E-state index contributed by atoms with van der Waals surface area (Å²) in [6.07, 6.45) is -0.707. The summed E-state index contributed by atoms with van der Waals surface area (Å²) in [5.74, 6) is -0.565. The lowest BCUT2D eigenvalue weighted by molar-refractivity contribution is -0.138. The molecule has 0 bridgehead atoms. The van der Waals surface area contributed by atoms with Crippen molar-refractivity contribution in [3.05, 3.63) is 58.7 Å². The first-order valence-electron chi connectivity index (χ1n) is 7.69. The minimum absolute atomic E-state index is 0.0400. The van der Waals surface area contributed by atoms with Crippen molar-refractivity contribution in [1.29, 1.82) is 0 Å². The van der Waals surface area contributed by atoms with Gasteiger partial charge in [0.05, 0.1) is 17.9 Å². The summed E-state index contributed by atoms with van der Waals surface area (Å²) < 4.78 is 40.9. The highest BCUT2D eigenvalue weighted by Crippen LogP contribution is 2.35. The molecule has 0 atom stereocenters. The maximum absolute atomic E-state index is 13.0. The Bertz CT molecular complexity index is 1060. The fourth-order valence-electron chi connectivity index (χ4n) is 2.28. The second-order valence-corrected chi connectivity index (χ2v) is 7.26. The molecule has 28 heavy (non-hydrogen) atoms. The van der Waals surface area contributed by atoms with Crippen molar-refractivity contribution < 1.29 is 18.0 Å². The van der Waals surface area contributed by atoms with Crippen molar-refractivity contribution >= 4 is 51.7 Å². The largest absolute Gasteiger partial charge is 0.445 e. The van der Waals surface area contributed by atoms with E-state index in [2.05, 4.69) is 16.7 Å². The highest BCUT2D eigenvalue weighted by Gasteiger charge is 2.36. The SMILES string of the molecule is C=CCN(Cl)C(=O)/C=C/c1c(-c2ccc(Cl)cc2)nc2sc(C(F)(F)F)nn12. The molecule has 0 N–H and O–H groups in total. The summed E-state index contributed by atoms with van der Waals surface area (Å²) in [5, 5.41) is 3.06. The van der Waals surface area contributed by atoms with Gasteiger partial charge in [-0.1, -0.05) is 41.1 Å². The molecule has 3 rings (SSSR count). The molecule has 0 saturated carbocycles. The molecule has 2 heterocycles. The first-order valence-corrected chi connectivity index (χ1v) is 9.23. The van der Waals surface area contributed by atoms with Gasteiger partial charge in [-0.3, -0.25) is 4.79 Å². The maximum Gasteiger partial charge on any atom is 0.445 e. The number of rotatable bonds is 5. The number of aromatic nitrogens is 3. The number of imidazole rings is 1. The van der Waals surface area contributed by atoms with Gasteiger partial charge in [-0.2, -0.15) is 13.2 Å². The molecule has 1 amide bonds. The van der Waals surface area contributed by atoms with E-state index in [9.17, 15) is 18.0 Å². The Morgan fingerprint density at radius 2 is 2.00 bits per heavy atom. The Morgan fingerprint density at radius 3 is 2.61 bits per heavy atom. The molecule has 0 radical (unpaired) electrons. The number of fused-ring (bicyclic) bond motifs is 1. The molecule has 2 aromatic heterocycles. The van der Waals surface area contributed by atoms with Crippen molar-refractivity contribution in [3.8, 4) is 11.3 Å². The quantitative estimate of drug-likeness (QED) is 0.303. The lowest BCUT2D eigenvalue weighted by atomic mass is 10.1. The topological polar surface area (TPSA) is 50.5 Å². The van der Waals surface area contributed by atoms with Crippen LogP contribution in [0.15, 0.2) is 43.0 Å². The molecule has 0 spiro atoms. The Labute approximate surface area is 171 Å². The first-order chi connectivity index (χ1) is 13.2. The van der Waals surface area contributed by atoms with Crippen LogP contribution in [0.1, 0.15) is 10.7 Å². The fourth-order valence-corrected chi connectivity index (χ4v) is 3.34. The summed E-state index contributed by atoms with van der Waals surface area (Å²) in [7, 11) is 0. The summed E-state index contributed by atoms with van der Waals surface area (Å²) in [5.41, 5.74) is 1.18. The molecule has 0 fully saturated rings. The van der Waals surface area contributed by atoms with Crippen LogP contribution in [0.25, 0.3) is 22.3 Å². The van der Waals surface area contributed by atoms with Crippen molar-refractivity contribution in [2.24, 2.45) is 0 Å². The van der Waals surface area contributed by atoms with Gasteiger partial charge < -0.3 is 0 Å². The van der Waals surface area contributed by atoms with Crippen LogP contribution in [-0.4, -0.2) is 31.5 Å². The highest BCUT2D eigenvalue weighted by molar-refractivity contribution is 7.16. The van der Waals surface area contributed by atoms with Crippen LogP contribution in [0.2, 0.25) is 5.02 Å². The maximum atomic E-state index is 13.0. The zero-order chi connectivity index (χ0) is 20.5. The van der Waals surface area contributed by atoms with Gasteiger partial charge >= 0.3 is 6.18 Å². The van der Waals surface area contributed by atoms with E-state index in [1.54, 1.807) is 24.3 Å². The van der Waals surface area contributed by atoms with Gasteiger partial charge in [0.1, 0.15) is 0 Å². The van der Waals surface area contributed by atoms with E-state index < -0.39 is 17.1 Å². The van der Waals surface area contributed by atoms with Crippen molar-refractivity contribution in [3.63, 3.8) is 0 Å². The van der Waals surface area contributed by atoms with Crippen LogP contribution in [0.5, 0.6) is 0 Å². The monoisotopic (exact) mass is 446 g/mol. The molecule has 146 valence electrons. The Balaban J connectivity index is 2.10. The van der Waals surface area contributed by atoms with E-state index >= 15 is 0 Å². The molecule has 11 heteroatoms. The molecule has 0 unspecified atom stereocenters. The van der Waals surface area contributed by atoms with Crippen molar-refractivity contribution in [1.82, 2.24) is 19.0 Å². The van der Waals surface area contributed by atoms with E-state index in [0.717, 1.165) is 15.0 Å². The Morgan fingerprint density at radius 1 is 1.32 bits per heavy atom. The van der Waals surface area contributed by atoms with Crippen LogP contribution < -0.4 is 0 Å². The molecule has 5 nitrogen and oxygen atoms in total. The van der Waals surface area contributed by atoms with E-state index in [1.807, 2.05) is 0 Å². The Hall–Kier alpha value is -2.36. The number of halogens is 5. The summed E-state index contributed by atoms with van der Waals surface area (Å²) in [6.45, 7) is 3.58. The summed E-state index contributed by atoms with van der Waals surface area (Å²) >= 11 is 12.1. The first kappa shape index (κ1) is 20.4. The summed E-state index contributed by atoms with van der Waals surface area (Å²) in [6, 6.07) is 6.60. The average Bonchev–Trinajstić information content (AvgIpc) is 3.19. The highest BCUT2D eigenvalue weighted by atomic mass is 35.5. The number of benzene rings is 1. The predicted molar refractivity (Wildman–Crippen MR) is 103 cm³/mol. The molecular formula is C17H11Cl2F3N4OS.